The Labute approximate surface area is 105 Å². The molecule has 1 saturated carbocycles. The molecule has 0 spiro atoms. The molecule has 1 N–H and O–H groups in total. The smallest absolute Gasteiger partial charge is 0.0951 e. The number of imidazole rings is 1. The maximum atomic E-state index is 4.32. The van der Waals surface area contributed by atoms with Crippen molar-refractivity contribution in [1.29, 1.82) is 0 Å². The quantitative estimate of drug-likeness (QED) is 0.869. The van der Waals surface area contributed by atoms with Gasteiger partial charge in [-0.1, -0.05) is 20.8 Å². The number of hydrogen-bond donors (Lipinski definition) is 1. The first kappa shape index (κ1) is 12.6. The zero-order valence-electron chi connectivity index (χ0n) is 11.3. The Morgan fingerprint density at radius 3 is 2.65 bits per heavy atom. The lowest BCUT2D eigenvalue weighted by Gasteiger charge is -2.33. The number of aromatic nitrogens is 2. The summed E-state index contributed by atoms with van der Waals surface area (Å²) in [6.07, 6.45) is 8.02. The summed E-state index contributed by atoms with van der Waals surface area (Å²) in [5.74, 6) is 1.69. The highest BCUT2D eigenvalue weighted by Gasteiger charge is 2.25. The molecule has 1 heterocycles. The van der Waals surface area contributed by atoms with E-state index in [1.807, 2.05) is 12.5 Å². The van der Waals surface area contributed by atoms with Crippen molar-refractivity contribution in [1.82, 2.24) is 14.9 Å². The third-order valence-electron chi connectivity index (χ3n) is 3.85. The molecular formula is C14H25N3. The SMILES string of the molecule is CCNCc1cncn1C1CC(C)CC(C)C1. The number of nitrogens with one attached hydrogen (secondary N) is 1. The molecule has 0 amide bonds. The predicted octanol–water partition coefficient (Wildman–Crippen LogP) is 2.99. The molecule has 3 heteroatoms. The van der Waals surface area contributed by atoms with E-state index in [2.05, 4.69) is 35.6 Å². The van der Waals surface area contributed by atoms with Crippen molar-refractivity contribution >= 4 is 0 Å². The van der Waals surface area contributed by atoms with Crippen LogP contribution in [0.5, 0.6) is 0 Å². The number of hydrogen-bond acceptors (Lipinski definition) is 2. The Kier molecular flexibility index (Phi) is 4.21. The van der Waals surface area contributed by atoms with E-state index < -0.39 is 0 Å². The fourth-order valence-corrected chi connectivity index (χ4v) is 3.18. The second-order valence-electron chi connectivity index (χ2n) is 5.64. The van der Waals surface area contributed by atoms with Crippen LogP contribution >= 0.6 is 0 Å². The highest BCUT2D eigenvalue weighted by molar-refractivity contribution is 5.01. The molecule has 2 atom stereocenters. The van der Waals surface area contributed by atoms with Gasteiger partial charge in [-0.2, -0.15) is 0 Å². The molecule has 1 aliphatic rings. The van der Waals surface area contributed by atoms with Crippen molar-refractivity contribution in [3.8, 4) is 0 Å². The summed E-state index contributed by atoms with van der Waals surface area (Å²) in [7, 11) is 0. The van der Waals surface area contributed by atoms with E-state index in [1.54, 1.807) is 0 Å². The van der Waals surface area contributed by atoms with Crippen LogP contribution in [0.1, 0.15) is 51.8 Å². The summed E-state index contributed by atoms with van der Waals surface area (Å²) < 4.78 is 2.40. The van der Waals surface area contributed by atoms with Crippen LogP contribution in [-0.2, 0) is 6.54 Å². The molecule has 2 unspecified atom stereocenters. The van der Waals surface area contributed by atoms with Gasteiger partial charge in [0.1, 0.15) is 0 Å². The Morgan fingerprint density at radius 2 is 2.00 bits per heavy atom. The lowest BCUT2D eigenvalue weighted by molar-refractivity contribution is 0.218. The fraction of sp³-hybridized carbons (Fsp3) is 0.786. The minimum atomic E-state index is 0.657. The van der Waals surface area contributed by atoms with Gasteiger partial charge in [-0.05, 0) is 37.6 Å². The van der Waals surface area contributed by atoms with Gasteiger partial charge < -0.3 is 9.88 Å². The van der Waals surface area contributed by atoms with Crippen LogP contribution in [0.25, 0.3) is 0 Å². The van der Waals surface area contributed by atoms with Crippen molar-refractivity contribution < 1.29 is 0 Å². The Morgan fingerprint density at radius 1 is 1.29 bits per heavy atom. The first-order valence-corrected chi connectivity index (χ1v) is 6.92. The second-order valence-corrected chi connectivity index (χ2v) is 5.64. The molecule has 0 aromatic carbocycles. The van der Waals surface area contributed by atoms with Crippen LogP contribution in [0.4, 0.5) is 0 Å². The molecule has 1 aliphatic carbocycles. The van der Waals surface area contributed by atoms with Crippen LogP contribution in [0.2, 0.25) is 0 Å². The van der Waals surface area contributed by atoms with Crippen molar-refractivity contribution in [3.63, 3.8) is 0 Å². The third-order valence-corrected chi connectivity index (χ3v) is 3.85. The van der Waals surface area contributed by atoms with E-state index in [4.69, 9.17) is 0 Å². The van der Waals surface area contributed by atoms with Crippen LogP contribution in [0.15, 0.2) is 12.5 Å². The van der Waals surface area contributed by atoms with Crippen molar-refractivity contribution in [2.24, 2.45) is 11.8 Å². The van der Waals surface area contributed by atoms with E-state index in [0.29, 0.717) is 6.04 Å². The van der Waals surface area contributed by atoms with Gasteiger partial charge in [0.15, 0.2) is 0 Å². The molecule has 96 valence electrons. The molecule has 3 nitrogen and oxygen atoms in total. The Balaban J connectivity index is 2.07. The summed E-state index contributed by atoms with van der Waals surface area (Å²) in [4.78, 5) is 4.32. The average Bonchev–Trinajstić information content (AvgIpc) is 2.73. The molecule has 17 heavy (non-hydrogen) atoms. The van der Waals surface area contributed by atoms with E-state index in [-0.39, 0.29) is 0 Å². The maximum Gasteiger partial charge on any atom is 0.0951 e. The van der Waals surface area contributed by atoms with Gasteiger partial charge in [-0.15, -0.1) is 0 Å². The van der Waals surface area contributed by atoms with Gasteiger partial charge in [0.05, 0.1) is 12.0 Å². The average molecular weight is 235 g/mol. The monoisotopic (exact) mass is 235 g/mol. The van der Waals surface area contributed by atoms with E-state index in [1.165, 1.54) is 25.0 Å². The zero-order valence-corrected chi connectivity index (χ0v) is 11.3. The molecule has 1 aromatic heterocycles. The van der Waals surface area contributed by atoms with E-state index in [0.717, 1.165) is 24.9 Å². The first-order chi connectivity index (χ1) is 8.20. The predicted molar refractivity (Wildman–Crippen MR) is 70.8 cm³/mol. The van der Waals surface area contributed by atoms with Gasteiger partial charge in [0.2, 0.25) is 0 Å². The molecule has 0 aliphatic heterocycles. The summed E-state index contributed by atoms with van der Waals surface area (Å²) >= 11 is 0. The highest BCUT2D eigenvalue weighted by atomic mass is 15.1. The second kappa shape index (κ2) is 5.67. The van der Waals surface area contributed by atoms with Gasteiger partial charge in [-0.25, -0.2) is 4.98 Å². The Bertz CT molecular complexity index is 335. The van der Waals surface area contributed by atoms with Crippen LogP contribution in [0, 0.1) is 11.8 Å². The molecule has 0 saturated heterocycles. The summed E-state index contributed by atoms with van der Waals surface area (Å²) in [5, 5.41) is 3.39. The van der Waals surface area contributed by atoms with Crippen LogP contribution in [-0.4, -0.2) is 16.1 Å². The summed E-state index contributed by atoms with van der Waals surface area (Å²) in [5.41, 5.74) is 1.33. The number of rotatable bonds is 4. The maximum absolute atomic E-state index is 4.32. The molecular weight excluding hydrogens is 210 g/mol. The van der Waals surface area contributed by atoms with Gasteiger partial charge in [-0.3, -0.25) is 0 Å². The standard InChI is InChI=1S/C14H25N3/c1-4-15-8-14-9-16-10-17(14)13-6-11(2)5-12(3)7-13/h9-13,15H,4-8H2,1-3H3. The highest BCUT2D eigenvalue weighted by Crippen LogP contribution is 2.36. The molecule has 0 radical (unpaired) electrons. The number of nitrogens with zero attached hydrogens (tertiary/aromatic N) is 2. The summed E-state index contributed by atoms with van der Waals surface area (Å²) in [6, 6.07) is 0.657. The van der Waals surface area contributed by atoms with Gasteiger partial charge in [0, 0.05) is 18.8 Å². The minimum absolute atomic E-state index is 0.657. The Hall–Kier alpha value is -0.830. The van der Waals surface area contributed by atoms with Gasteiger partial charge in [0.25, 0.3) is 0 Å². The lowest BCUT2D eigenvalue weighted by atomic mass is 9.80. The largest absolute Gasteiger partial charge is 0.330 e. The van der Waals surface area contributed by atoms with Crippen molar-refractivity contribution in [3.05, 3.63) is 18.2 Å². The lowest BCUT2D eigenvalue weighted by Crippen LogP contribution is -2.25. The van der Waals surface area contributed by atoms with Crippen LogP contribution in [0.3, 0.4) is 0 Å². The zero-order chi connectivity index (χ0) is 12.3. The third kappa shape index (κ3) is 3.09. The van der Waals surface area contributed by atoms with E-state index >= 15 is 0 Å². The molecule has 1 fully saturated rings. The fourth-order valence-electron chi connectivity index (χ4n) is 3.18. The topological polar surface area (TPSA) is 29.9 Å². The first-order valence-electron chi connectivity index (χ1n) is 6.92. The van der Waals surface area contributed by atoms with Gasteiger partial charge >= 0.3 is 0 Å². The minimum Gasteiger partial charge on any atom is -0.330 e. The molecule has 0 bridgehead atoms. The van der Waals surface area contributed by atoms with Crippen LogP contribution < -0.4 is 5.32 Å². The molecule has 2 rings (SSSR count). The molecule has 1 aromatic rings. The normalized spacial score (nSPS) is 29.5. The van der Waals surface area contributed by atoms with E-state index in [9.17, 15) is 0 Å². The van der Waals surface area contributed by atoms with Crippen molar-refractivity contribution in [2.45, 2.75) is 52.6 Å². The summed E-state index contributed by atoms with van der Waals surface area (Å²) in [6.45, 7) is 8.86. The van der Waals surface area contributed by atoms with Crippen molar-refractivity contribution in [2.75, 3.05) is 6.54 Å².